The summed E-state index contributed by atoms with van der Waals surface area (Å²) >= 11 is 0. The number of fused-ring (bicyclic) bond motifs is 2. The van der Waals surface area contributed by atoms with E-state index in [0.29, 0.717) is 0 Å². The summed E-state index contributed by atoms with van der Waals surface area (Å²) in [7, 11) is 0. The van der Waals surface area contributed by atoms with E-state index in [9.17, 15) is 24.9 Å². The van der Waals surface area contributed by atoms with Crippen molar-refractivity contribution < 1.29 is 34.4 Å². The number of ether oxygens (including phenoxy) is 2. The quantitative estimate of drug-likeness (QED) is 0.250. The molecule has 10 heteroatoms. The second kappa shape index (κ2) is 8.01. The van der Waals surface area contributed by atoms with Gasteiger partial charge >= 0.3 is 0 Å². The van der Waals surface area contributed by atoms with E-state index in [1.165, 1.54) is 18.2 Å². The molecular weight excluding hydrogens is 406 g/mol. The van der Waals surface area contributed by atoms with Gasteiger partial charge in [-0.1, -0.05) is 29.4 Å². The number of phenolic OH excluding ortho intramolecular Hbond substituents is 2. The number of aliphatic hydroxyl groups is 1. The van der Waals surface area contributed by atoms with Gasteiger partial charge in [-0.25, -0.2) is 0 Å². The van der Waals surface area contributed by atoms with Crippen LogP contribution in [0.2, 0.25) is 0 Å². The SMILES string of the molecule is C[C@@H]1O[C@@H](OCc2cc(O)c3c(c2O)C(=O)c2ccccc2C3=O)C[C@H](N=[N+]=[N-])[C@H]1O. The van der Waals surface area contributed by atoms with Crippen molar-refractivity contribution in [3.05, 3.63) is 68.6 Å². The van der Waals surface area contributed by atoms with Crippen molar-refractivity contribution in [3.8, 4) is 11.5 Å². The molecule has 2 aromatic carbocycles. The predicted octanol–water partition coefficient (Wildman–Crippen LogP) is 2.56. The van der Waals surface area contributed by atoms with E-state index >= 15 is 0 Å². The molecule has 1 aliphatic heterocycles. The average Bonchev–Trinajstić information content (AvgIpc) is 2.75. The summed E-state index contributed by atoms with van der Waals surface area (Å²) in [5.41, 5.74) is 8.51. The first-order chi connectivity index (χ1) is 14.8. The molecule has 31 heavy (non-hydrogen) atoms. The van der Waals surface area contributed by atoms with Crippen molar-refractivity contribution in [2.75, 3.05) is 0 Å². The minimum Gasteiger partial charge on any atom is -0.507 e. The fourth-order valence-electron chi connectivity index (χ4n) is 3.92. The van der Waals surface area contributed by atoms with Gasteiger partial charge in [-0.05, 0) is 18.5 Å². The van der Waals surface area contributed by atoms with Crippen molar-refractivity contribution in [1.29, 1.82) is 0 Å². The highest BCUT2D eigenvalue weighted by Gasteiger charge is 2.37. The van der Waals surface area contributed by atoms with Crippen LogP contribution in [0.25, 0.3) is 10.4 Å². The van der Waals surface area contributed by atoms with Crippen molar-refractivity contribution in [2.24, 2.45) is 5.11 Å². The van der Waals surface area contributed by atoms with E-state index in [1.54, 1.807) is 19.1 Å². The molecule has 160 valence electrons. The zero-order chi connectivity index (χ0) is 22.3. The van der Waals surface area contributed by atoms with E-state index in [0.717, 1.165) is 0 Å². The lowest BCUT2D eigenvalue weighted by Gasteiger charge is -2.35. The standard InChI is InChI=1S/C21H19N3O7/c1-9-18(26)13(23-24-22)7-15(31-9)30-8-10-6-14(25)16-17(19(10)27)21(29)12-5-3-2-4-11(12)20(16)28/h2-6,9,13,15,18,25-27H,7-8H2,1H3/t9-,13-,15+,18-/m0/s1. The Bertz CT molecular complexity index is 1130. The fourth-order valence-corrected chi connectivity index (χ4v) is 3.92. The molecule has 0 bridgehead atoms. The second-order valence-corrected chi connectivity index (χ2v) is 7.44. The van der Waals surface area contributed by atoms with Crippen LogP contribution in [0.3, 0.4) is 0 Å². The maximum absolute atomic E-state index is 12.9. The Balaban J connectivity index is 1.62. The van der Waals surface area contributed by atoms with Crippen LogP contribution in [0, 0.1) is 0 Å². The average molecular weight is 425 g/mol. The monoisotopic (exact) mass is 425 g/mol. The van der Waals surface area contributed by atoms with E-state index in [2.05, 4.69) is 10.0 Å². The molecule has 0 unspecified atom stereocenters. The van der Waals surface area contributed by atoms with Gasteiger partial charge in [0, 0.05) is 28.0 Å². The van der Waals surface area contributed by atoms with Crippen LogP contribution in [-0.4, -0.2) is 51.4 Å². The number of benzene rings is 2. The topological polar surface area (TPSA) is 162 Å². The van der Waals surface area contributed by atoms with Gasteiger partial charge in [-0.2, -0.15) is 0 Å². The van der Waals surface area contributed by atoms with Crippen LogP contribution in [-0.2, 0) is 16.1 Å². The van der Waals surface area contributed by atoms with Crippen LogP contribution in [0.4, 0.5) is 0 Å². The number of aliphatic hydroxyl groups excluding tert-OH is 1. The first kappa shape index (κ1) is 20.8. The van der Waals surface area contributed by atoms with Crippen molar-refractivity contribution >= 4 is 11.6 Å². The Hall–Kier alpha value is -3.43. The third-order valence-corrected chi connectivity index (χ3v) is 5.53. The molecule has 1 heterocycles. The van der Waals surface area contributed by atoms with Crippen LogP contribution < -0.4 is 0 Å². The lowest BCUT2D eigenvalue weighted by Crippen LogP contribution is -2.46. The number of aromatic hydroxyl groups is 2. The van der Waals surface area contributed by atoms with Crippen molar-refractivity contribution in [2.45, 2.75) is 44.5 Å². The molecule has 1 aliphatic carbocycles. The number of hydrogen-bond donors (Lipinski definition) is 3. The largest absolute Gasteiger partial charge is 0.507 e. The van der Waals surface area contributed by atoms with Crippen molar-refractivity contribution in [3.63, 3.8) is 0 Å². The fraction of sp³-hybridized carbons (Fsp3) is 0.333. The summed E-state index contributed by atoms with van der Waals surface area (Å²) in [5.74, 6) is -2.04. The Morgan fingerprint density at radius 1 is 1.19 bits per heavy atom. The van der Waals surface area contributed by atoms with Gasteiger partial charge in [0.1, 0.15) is 11.5 Å². The minimum atomic E-state index is -0.986. The molecular formula is C21H19N3O7. The summed E-state index contributed by atoms with van der Waals surface area (Å²) in [6, 6.07) is 6.60. The third kappa shape index (κ3) is 3.51. The van der Waals surface area contributed by atoms with Gasteiger partial charge in [0.25, 0.3) is 0 Å². The zero-order valence-corrected chi connectivity index (χ0v) is 16.4. The van der Waals surface area contributed by atoms with E-state index < -0.39 is 47.6 Å². The zero-order valence-electron chi connectivity index (χ0n) is 16.4. The molecule has 2 aliphatic rings. The minimum absolute atomic E-state index is 0.0814. The van der Waals surface area contributed by atoms with Gasteiger partial charge < -0.3 is 24.8 Å². The molecule has 0 aromatic heterocycles. The number of rotatable bonds is 4. The molecule has 4 atom stereocenters. The van der Waals surface area contributed by atoms with Crippen molar-refractivity contribution in [1.82, 2.24) is 0 Å². The maximum Gasteiger partial charge on any atom is 0.198 e. The normalized spacial score (nSPS) is 24.8. The number of nitrogens with zero attached hydrogens (tertiary/aromatic N) is 3. The molecule has 0 spiro atoms. The van der Waals surface area contributed by atoms with Gasteiger partial charge in [0.05, 0.1) is 36.0 Å². The summed E-state index contributed by atoms with van der Waals surface area (Å²) < 4.78 is 11.2. The number of azide groups is 1. The third-order valence-electron chi connectivity index (χ3n) is 5.53. The molecule has 1 saturated heterocycles. The van der Waals surface area contributed by atoms with E-state index in [1.807, 2.05) is 0 Å². The highest BCUT2D eigenvalue weighted by Crippen LogP contribution is 2.40. The number of carbonyl (C=O) groups excluding carboxylic acids is 2. The van der Waals surface area contributed by atoms with E-state index in [-0.39, 0.29) is 40.8 Å². The second-order valence-electron chi connectivity index (χ2n) is 7.44. The molecule has 4 rings (SSSR count). The molecule has 0 saturated carbocycles. The number of hydrogen-bond acceptors (Lipinski definition) is 8. The smallest absolute Gasteiger partial charge is 0.198 e. The lowest BCUT2D eigenvalue weighted by atomic mass is 9.82. The molecule has 0 radical (unpaired) electrons. The molecule has 1 fully saturated rings. The molecule has 2 aromatic rings. The predicted molar refractivity (Wildman–Crippen MR) is 106 cm³/mol. The Kier molecular flexibility index (Phi) is 5.38. The van der Waals surface area contributed by atoms with Gasteiger partial charge in [-0.15, -0.1) is 0 Å². The molecule has 0 amide bonds. The van der Waals surface area contributed by atoms with Crippen LogP contribution in [0.15, 0.2) is 35.4 Å². The Morgan fingerprint density at radius 3 is 2.48 bits per heavy atom. The van der Waals surface area contributed by atoms with Crippen LogP contribution in [0.1, 0.15) is 50.8 Å². The van der Waals surface area contributed by atoms with Gasteiger partial charge in [0.2, 0.25) is 0 Å². The molecule has 10 nitrogen and oxygen atoms in total. The number of phenols is 2. The summed E-state index contributed by atoms with van der Waals surface area (Å²) in [5, 5.41) is 34.7. The summed E-state index contributed by atoms with van der Waals surface area (Å²) in [4.78, 5) is 28.4. The van der Waals surface area contributed by atoms with Gasteiger partial charge in [-0.3, -0.25) is 9.59 Å². The highest BCUT2D eigenvalue weighted by atomic mass is 16.7. The lowest BCUT2D eigenvalue weighted by molar-refractivity contribution is -0.226. The number of carbonyl (C=O) groups is 2. The van der Waals surface area contributed by atoms with E-state index in [4.69, 9.17) is 15.0 Å². The summed E-state index contributed by atoms with van der Waals surface area (Å²) in [6.07, 6.45) is -2.42. The first-order valence-electron chi connectivity index (χ1n) is 9.59. The Morgan fingerprint density at radius 2 is 1.84 bits per heavy atom. The number of ketones is 2. The first-order valence-corrected chi connectivity index (χ1v) is 9.59. The van der Waals surface area contributed by atoms with Crippen LogP contribution >= 0.6 is 0 Å². The molecule has 3 N–H and O–H groups in total. The van der Waals surface area contributed by atoms with Crippen LogP contribution in [0.5, 0.6) is 11.5 Å². The summed E-state index contributed by atoms with van der Waals surface area (Å²) in [6.45, 7) is 1.34. The van der Waals surface area contributed by atoms with Gasteiger partial charge in [0.15, 0.2) is 17.9 Å². The Labute approximate surface area is 176 Å². The maximum atomic E-state index is 12.9. The highest BCUT2D eigenvalue weighted by molar-refractivity contribution is 6.30.